The molecule has 2 aliphatic rings. The zero-order valence-electron chi connectivity index (χ0n) is 11.4. The van der Waals surface area contributed by atoms with Crippen molar-refractivity contribution in [2.75, 3.05) is 0 Å². The van der Waals surface area contributed by atoms with E-state index in [2.05, 4.69) is 19.2 Å². The second kappa shape index (κ2) is 4.70. The van der Waals surface area contributed by atoms with E-state index in [0.717, 1.165) is 10.4 Å². The molecule has 106 valence electrons. The van der Waals surface area contributed by atoms with Gasteiger partial charge in [-0.15, -0.1) is 11.3 Å². The third-order valence-corrected chi connectivity index (χ3v) is 4.95. The summed E-state index contributed by atoms with van der Waals surface area (Å²) < 4.78 is 0. The molecule has 0 radical (unpaired) electrons. The Labute approximate surface area is 121 Å². The fourth-order valence-electron chi connectivity index (χ4n) is 2.83. The van der Waals surface area contributed by atoms with Crippen LogP contribution in [0.2, 0.25) is 0 Å². The second-order valence-electron chi connectivity index (χ2n) is 5.55. The van der Waals surface area contributed by atoms with E-state index < -0.39 is 6.04 Å². The maximum atomic E-state index is 12.4. The molecule has 1 aromatic heterocycles. The molecule has 6 heteroatoms. The molecule has 1 unspecified atom stereocenters. The van der Waals surface area contributed by atoms with Gasteiger partial charge in [0.1, 0.15) is 6.04 Å². The van der Waals surface area contributed by atoms with Crippen molar-refractivity contribution in [3.8, 4) is 0 Å². The highest BCUT2D eigenvalue weighted by atomic mass is 32.1. The van der Waals surface area contributed by atoms with E-state index in [0.29, 0.717) is 25.3 Å². The Morgan fingerprint density at radius 3 is 2.75 bits per heavy atom. The van der Waals surface area contributed by atoms with Crippen molar-refractivity contribution in [2.45, 2.75) is 45.2 Å². The smallest absolute Gasteiger partial charge is 0.265 e. The number of hydrogen-bond donors (Lipinski definition) is 1. The average Bonchev–Trinajstić information content (AvgIpc) is 2.91. The molecule has 1 N–H and O–H groups in total. The summed E-state index contributed by atoms with van der Waals surface area (Å²) in [6, 6.07) is -0.514. The molecule has 1 saturated heterocycles. The lowest BCUT2D eigenvalue weighted by molar-refractivity contribution is -0.136. The molecule has 0 saturated carbocycles. The molecule has 5 nitrogen and oxygen atoms in total. The molecule has 0 aromatic carbocycles. The molecule has 1 fully saturated rings. The molecule has 1 atom stereocenters. The molecule has 0 spiro atoms. The SMILES string of the molecule is CC(C)c1csc2c1CN(C1CCC(=O)NC1=O)C2=O. The lowest BCUT2D eigenvalue weighted by Crippen LogP contribution is -2.52. The minimum atomic E-state index is -0.514. The minimum absolute atomic E-state index is 0.0774. The molecular weight excluding hydrogens is 276 g/mol. The van der Waals surface area contributed by atoms with Crippen molar-refractivity contribution < 1.29 is 14.4 Å². The first-order chi connectivity index (χ1) is 9.49. The number of nitrogens with zero attached hydrogens (tertiary/aromatic N) is 1. The summed E-state index contributed by atoms with van der Waals surface area (Å²) in [7, 11) is 0. The summed E-state index contributed by atoms with van der Waals surface area (Å²) in [4.78, 5) is 37.9. The van der Waals surface area contributed by atoms with Gasteiger partial charge in [-0.05, 0) is 28.8 Å². The number of thiophene rings is 1. The van der Waals surface area contributed by atoms with Crippen LogP contribution in [0.15, 0.2) is 5.38 Å². The van der Waals surface area contributed by atoms with Crippen LogP contribution in [0.5, 0.6) is 0 Å². The number of amides is 3. The third-order valence-electron chi connectivity index (χ3n) is 3.92. The zero-order chi connectivity index (χ0) is 14.4. The van der Waals surface area contributed by atoms with Gasteiger partial charge in [0.25, 0.3) is 5.91 Å². The first kappa shape index (κ1) is 13.3. The van der Waals surface area contributed by atoms with Crippen LogP contribution in [0, 0.1) is 0 Å². The number of piperidine rings is 1. The van der Waals surface area contributed by atoms with Gasteiger partial charge in [0, 0.05) is 13.0 Å². The highest BCUT2D eigenvalue weighted by molar-refractivity contribution is 7.12. The van der Waals surface area contributed by atoms with Gasteiger partial charge >= 0.3 is 0 Å². The normalized spacial score (nSPS) is 22.4. The van der Waals surface area contributed by atoms with Gasteiger partial charge in [0.2, 0.25) is 11.8 Å². The number of fused-ring (bicyclic) bond motifs is 1. The molecule has 20 heavy (non-hydrogen) atoms. The Balaban J connectivity index is 1.86. The summed E-state index contributed by atoms with van der Waals surface area (Å²) >= 11 is 1.45. The predicted octanol–water partition coefficient (Wildman–Crippen LogP) is 1.63. The molecule has 2 aliphatic heterocycles. The molecule has 3 rings (SSSR count). The van der Waals surface area contributed by atoms with E-state index in [9.17, 15) is 14.4 Å². The van der Waals surface area contributed by atoms with Crippen molar-refractivity contribution in [2.24, 2.45) is 0 Å². The Bertz CT molecular complexity index is 606. The largest absolute Gasteiger partial charge is 0.321 e. The van der Waals surface area contributed by atoms with Gasteiger partial charge in [-0.3, -0.25) is 19.7 Å². The van der Waals surface area contributed by atoms with E-state index in [1.807, 2.05) is 5.38 Å². The van der Waals surface area contributed by atoms with Crippen molar-refractivity contribution in [1.29, 1.82) is 0 Å². The maximum Gasteiger partial charge on any atom is 0.265 e. The average molecular weight is 292 g/mol. The van der Waals surface area contributed by atoms with Crippen LogP contribution in [-0.4, -0.2) is 28.7 Å². The van der Waals surface area contributed by atoms with Crippen molar-refractivity contribution in [1.82, 2.24) is 10.2 Å². The van der Waals surface area contributed by atoms with Crippen molar-refractivity contribution >= 4 is 29.1 Å². The first-order valence-corrected chi connectivity index (χ1v) is 7.62. The Hall–Kier alpha value is -1.69. The maximum absolute atomic E-state index is 12.4. The fraction of sp³-hybridized carbons (Fsp3) is 0.500. The number of hydrogen-bond acceptors (Lipinski definition) is 4. The van der Waals surface area contributed by atoms with Gasteiger partial charge in [-0.1, -0.05) is 13.8 Å². The monoisotopic (exact) mass is 292 g/mol. The van der Waals surface area contributed by atoms with Crippen LogP contribution < -0.4 is 5.32 Å². The van der Waals surface area contributed by atoms with E-state index in [1.54, 1.807) is 4.90 Å². The molecule has 3 amide bonds. The predicted molar refractivity (Wildman–Crippen MR) is 74.5 cm³/mol. The van der Waals surface area contributed by atoms with Crippen LogP contribution in [-0.2, 0) is 16.1 Å². The molecule has 0 bridgehead atoms. The zero-order valence-corrected chi connectivity index (χ0v) is 12.3. The van der Waals surface area contributed by atoms with Gasteiger partial charge in [-0.25, -0.2) is 0 Å². The van der Waals surface area contributed by atoms with Crippen LogP contribution >= 0.6 is 11.3 Å². The third kappa shape index (κ3) is 1.95. The highest BCUT2D eigenvalue weighted by Gasteiger charge is 2.40. The van der Waals surface area contributed by atoms with Gasteiger partial charge < -0.3 is 4.90 Å². The van der Waals surface area contributed by atoms with Crippen molar-refractivity contribution in [3.05, 3.63) is 21.4 Å². The van der Waals surface area contributed by atoms with Crippen molar-refractivity contribution in [3.63, 3.8) is 0 Å². The van der Waals surface area contributed by atoms with Gasteiger partial charge in [0.15, 0.2) is 0 Å². The second-order valence-corrected chi connectivity index (χ2v) is 6.43. The molecule has 3 heterocycles. The van der Waals surface area contributed by atoms with E-state index in [1.165, 1.54) is 16.9 Å². The lowest BCUT2D eigenvalue weighted by atomic mass is 10.0. The van der Waals surface area contributed by atoms with Gasteiger partial charge in [0.05, 0.1) is 4.88 Å². The number of imide groups is 1. The van der Waals surface area contributed by atoms with Crippen LogP contribution in [0.25, 0.3) is 0 Å². The summed E-state index contributed by atoms with van der Waals surface area (Å²) in [6.45, 7) is 4.68. The van der Waals surface area contributed by atoms with Crippen LogP contribution in [0.1, 0.15) is 53.4 Å². The Morgan fingerprint density at radius 2 is 2.10 bits per heavy atom. The summed E-state index contributed by atoms with van der Waals surface area (Å²) in [5, 5.41) is 4.35. The number of nitrogens with one attached hydrogen (secondary N) is 1. The topological polar surface area (TPSA) is 66.5 Å². The molecule has 1 aromatic rings. The minimum Gasteiger partial charge on any atom is -0.321 e. The summed E-state index contributed by atoms with van der Waals surface area (Å²) in [6.07, 6.45) is 0.716. The highest BCUT2D eigenvalue weighted by Crippen LogP contribution is 2.37. The number of carbonyl (C=O) groups is 3. The number of carbonyl (C=O) groups excluding carboxylic acids is 3. The Morgan fingerprint density at radius 1 is 1.35 bits per heavy atom. The molecule has 0 aliphatic carbocycles. The van der Waals surface area contributed by atoms with Gasteiger partial charge in [-0.2, -0.15) is 0 Å². The number of rotatable bonds is 2. The molecular formula is C14H16N2O3S. The quantitative estimate of drug-likeness (QED) is 0.843. The first-order valence-electron chi connectivity index (χ1n) is 6.74. The van der Waals surface area contributed by atoms with E-state index in [4.69, 9.17) is 0 Å². The fourth-order valence-corrected chi connectivity index (χ4v) is 4.03. The summed E-state index contributed by atoms with van der Waals surface area (Å²) in [5.74, 6) is -0.317. The Kier molecular flexibility index (Phi) is 3.12. The van der Waals surface area contributed by atoms with E-state index in [-0.39, 0.29) is 17.7 Å². The van der Waals surface area contributed by atoms with E-state index >= 15 is 0 Å². The summed E-state index contributed by atoms with van der Waals surface area (Å²) in [5.41, 5.74) is 2.24. The standard InChI is InChI=1S/C14H16N2O3S/c1-7(2)9-6-20-12-8(9)5-16(14(12)19)10-3-4-11(17)15-13(10)18/h6-7,10H,3-5H2,1-2H3,(H,15,17,18). The van der Waals surface area contributed by atoms with Crippen LogP contribution in [0.4, 0.5) is 0 Å². The van der Waals surface area contributed by atoms with Crippen LogP contribution in [0.3, 0.4) is 0 Å². The lowest BCUT2D eigenvalue weighted by Gasteiger charge is -2.29.